The maximum Gasteiger partial charge on any atom is 0.255 e. The average molecular weight is 301 g/mol. The third-order valence-electron chi connectivity index (χ3n) is 3.31. The zero-order valence-corrected chi connectivity index (χ0v) is 13.2. The molecule has 0 saturated carbocycles. The van der Waals surface area contributed by atoms with E-state index in [-0.39, 0.29) is 5.91 Å². The van der Waals surface area contributed by atoms with Crippen LogP contribution in [0.3, 0.4) is 0 Å². The molecule has 5 nitrogen and oxygen atoms in total. The minimum Gasteiger partial charge on any atom is -0.467 e. The number of furan rings is 1. The molecule has 0 aliphatic heterocycles. The van der Waals surface area contributed by atoms with Crippen LogP contribution in [0.5, 0.6) is 0 Å². The van der Waals surface area contributed by atoms with Crippen molar-refractivity contribution < 1.29 is 9.21 Å². The van der Waals surface area contributed by atoms with Gasteiger partial charge in [0.25, 0.3) is 5.91 Å². The molecule has 1 amide bonds. The van der Waals surface area contributed by atoms with Crippen molar-refractivity contribution in [2.24, 2.45) is 0 Å². The zero-order valence-electron chi connectivity index (χ0n) is 13.2. The van der Waals surface area contributed by atoms with Gasteiger partial charge in [-0.15, -0.1) is 0 Å². The van der Waals surface area contributed by atoms with Crippen molar-refractivity contribution in [3.05, 3.63) is 48.2 Å². The second-order valence-electron chi connectivity index (χ2n) is 5.19. The molecule has 0 fully saturated rings. The van der Waals surface area contributed by atoms with Crippen molar-refractivity contribution in [2.45, 2.75) is 33.2 Å². The summed E-state index contributed by atoms with van der Waals surface area (Å²) in [7, 11) is 0. The molecular formula is C17H23N3O2. The second-order valence-corrected chi connectivity index (χ2v) is 5.19. The van der Waals surface area contributed by atoms with Gasteiger partial charge in [-0.05, 0) is 31.0 Å². The van der Waals surface area contributed by atoms with E-state index in [1.54, 1.807) is 18.7 Å². The smallest absolute Gasteiger partial charge is 0.255 e. The molecule has 2 aromatic heterocycles. The molecule has 2 aromatic rings. The topological polar surface area (TPSA) is 58.4 Å². The van der Waals surface area contributed by atoms with Crippen molar-refractivity contribution in [3.63, 3.8) is 0 Å². The maximum atomic E-state index is 12.5. The Morgan fingerprint density at radius 2 is 2.05 bits per heavy atom. The number of nitrogens with zero attached hydrogens (tertiary/aromatic N) is 2. The zero-order chi connectivity index (χ0) is 15.8. The van der Waals surface area contributed by atoms with Gasteiger partial charge >= 0.3 is 0 Å². The van der Waals surface area contributed by atoms with Crippen LogP contribution in [0.25, 0.3) is 0 Å². The molecular weight excluding hydrogens is 278 g/mol. The van der Waals surface area contributed by atoms with E-state index < -0.39 is 0 Å². The number of pyridine rings is 1. The van der Waals surface area contributed by atoms with Crippen LogP contribution in [-0.4, -0.2) is 28.9 Å². The lowest BCUT2D eigenvalue weighted by molar-refractivity contribution is 0.0755. The van der Waals surface area contributed by atoms with Gasteiger partial charge in [0.1, 0.15) is 5.76 Å². The molecule has 22 heavy (non-hydrogen) atoms. The highest BCUT2D eigenvalue weighted by atomic mass is 16.3. The molecule has 1 N–H and O–H groups in total. The Labute approximate surface area is 131 Å². The quantitative estimate of drug-likeness (QED) is 0.810. The van der Waals surface area contributed by atoms with Gasteiger partial charge < -0.3 is 14.6 Å². The number of nitrogens with one attached hydrogen (secondary N) is 1. The fraction of sp³-hybridized carbons (Fsp3) is 0.412. The third kappa shape index (κ3) is 4.35. The van der Waals surface area contributed by atoms with Crippen molar-refractivity contribution in [1.29, 1.82) is 0 Å². The molecule has 2 heterocycles. The van der Waals surface area contributed by atoms with Crippen LogP contribution in [0.2, 0.25) is 0 Å². The van der Waals surface area contributed by atoms with Gasteiger partial charge in [-0.1, -0.05) is 13.8 Å². The first-order valence-corrected chi connectivity index (χ1v) is 7.75. The highest BCUT2D eigenvalue weighted by Crippen LogP contribution is 2.13. The summed E-state index contributed by atoms with van der Waals surface area (Å²) in [5.74, 6) is 0.883. The SMILES string of the molecule is CCCN(CCC)C(=O)c1cncc(NCc2ccco2)c1. The van der Waals surface area contributed by atoms with Crippen LogP contribution in [0.1, 0.15) is 42.8 Å². The van der Waals surface area contributed by atoms with Gasteiger partial charge in [0.15, 0.2) is 0 Å². The van der Waals surface area contributed by atoms with E-state index in [1.165, 1.54) is 0 Å². The van der Waals surface area contributed by atoms with E-state index in [2.05, 4.69) is 24.1 Å². The van der Waals surface area contributed by atoms with Crippen molar-refractivity contribution in [3.8, 4) is 0 Å². The summed E-state index contributed by atoms with van der Waals surface area (Å²) in [5.41, 5.74) is 1.43. The Hall–Kier alpha value is -2.30. The van der Waals surface area contributed by atoms with E-state index in [1.807, 2.05) is 23.1 Å². The summed E-state index contributed by atoms with van der Waals surface area (Å²) < 4.78 is 5.28. The molecule has 0 bridgehead atoms. The Kier molecular flexibility index (Phi) is 6.01. The third-order valence-corrected chi connectivity index (χ3v) is 3.31. The van der Waals surface area contributed by atoms with E-state index in [0.29, 0.717) is 12.1 Å². The van der Waals surface area contributed by atoms with Crippen LogP contribution >= 0.6 is 0 Å². The molecule has 0 atom stereocenters. The summed E-state index contributed by atoms with van der Waals surface area (Å²) >= 11 is 0. The number of hydrogen-bond acceptors (Lipinski definition) is 4. The van der Waals surface area contributed by atoms with E-state index in [9.17, 15) is 4.79 Å². The number of anilines is 1. The Balaban J connectivity index is 2.04. The fourth-order valence-corrected chi connectivity index (χ4v) is 2.29. The molecule has 0 spiro atoms. The Bertz CT molecular complexity index is 575. The minimum absolute atomic E-state index is 0.0397. The van der Waals surface area contributed by atoms with Crippen LogP contribution in [-0.2, 0) is 6.54 Å². The van der Waals surface area contributed by atoms with Crippen LogP contribution in [0.15, 0.2) is 41.3 Å². The first-order valence-electron chi connectivity index (χ1n) is 7.75. The Morgan fingerprint density at radius 3 is 2.68 bits per heavy atom. The first-order chi connectivity index (χ1) is 10.7. The van der Waals surface area contributed by atoms with E-state index in [0.717, 1.165) is 37.4 Å². The van der Waals surface area contributed by atoms with Gasteiger partial charge in [-0.3, -0.25) is 9.78 Å². The predicted molar refractivity (Wildman–Crippen MR) is 86.8 cm³/mol. The van der Waals surface area contributed by atoms with Crippen LogP contribution in [0, 0.1) is 0 Å². The molecule has 0 radical (unpaired) electrons. The summed E-state index contributed by atoms with van der Waals surface area (Å²) in [4.78, 5) is 18.6. The summed E-state index contributed by atoms with van der Waals surface area (Å²) in [6, 6.07) is 5.60. The second kappa shape index (κ2) is 8.22. The monoisotopic (exact) mass is 301 g/mol. The highest BCUT2D eigenvalue weighted by molar-refractivity contribution is 5.94. The average Bonchev–Trinajstić information content (AvgIpc) is 3.06. The summed E-state index contributed by atoms with van der Waals surface area (Å²) in [6.07, 6.45) is 6.89. The standard InChI is InChI=1S/C17H23N3O2/c1-3-7-20(8-4-2)17(21)14-10-15(12-18-11-14)19-13-16-6-5-9-22-16/h5-6,9-12,19H,3-4,7-8,13H2,1-2H3. The number of carbonyl (C=O) groups is 1. The minimum atomic E-state index is 0.0397. The molecule has 0 aliphatic rings. The fourth-order valence-electron chi connectivity index (χ4n) is 2.29. The maximum absolute atomic E-state index is 12.5. The Morgan fingerprint density at radius 1 is 1.27 bits per heavy atom. The predicted octanol–water partition coefficient (Wildman–Crippen LogP) is 3.55. The molecule has 0 saturated heterocycles. The highest BCUT2D eigenvalue weighted by Gasteiger charge is 2.15. The molecule has 0 aromatic carbocycles. The van der Waals surface area contributed by atoms with Crippen LogP contribution in [0.4, 0.5) is 5.69 Å². The van der Waals surface area contributed by atoms with Gasteiger partial charge in [0.05, 0.1) is 24.1 Å². The molecule has 5 heteroatoms. The molecule has 0 aliphatic carbocycles. The van der Waals surface area contributed by atoms with Crippen molar-refractivity contribution in [1.82, 2.24) is 9.88 Å². The molecule has 0 unspecified atom stereocenters. The molecule has 118 valence electrons. The lowest BCUT2D eigenvalue weighted by Gasteiger charge is -2.21. The molecule has 2 rings (SSSR count). The van der Waals surface area contributed by atoms with Crippen LogP contribution < -0.4 is 5.32 Å². The van der Waals surface area contributed by atoms with E-state index >= 15 is 0 Å². The number of carbonyl (C=O) groups excluding carboxylic acids is 1. The van der Waals surface area contributed by atoms with Gasteiger partial charge in [0.2, 0.25) is 0 Å². The normalized spacial score (nSPS) is 10.5. The first kappa shape index (κ1) is 16.1. The summed E-state index contributed by atoms with van der Waals surface area (Å²) in [5, 5.41) is 3.22. The van der Waals surface area contributed by atoms with Crippen molar-refractivity contribution in [2.75, 3.05) is 18.4 Å². The largest absolute Gasteiger partial charge is 0.467 e. The van der Waals surface area contributed by atoms with Crippen molar-refractivity contribution >= 4 is 11.6 Å². The number of aromatic nitrogens is 1. The van der Waals surface area contributed by atoms with E-state index in [4.69, 9.17) is 4.42 Å². The number of rotatable bonds is 8. The number of hydrogen-bond donors (Lipinski definition) is 1. The number of amides is 1. The lowest BCUT2D eigenvalue weighted by atomic mass is 10.2. The summed E-state index contributed by atoms with van der Waals surface area (Å²) in [6.45, 7) is 6.28. The van der Waals surface area contributed by atoms with Gasteiger partial charge in [-0.25, -0.2) is 0 Å². The van der Waals surface area contributed by atoms with Gasteiger partial charge in [-0.2, -0.15) is 0 Å². The lowest BCUT2D eigenvalue weighted by Crippen LogP contribution is -2.32. The van der Waals surface area contributed by atoms with Gasteiger partial charge in [0, 0.05) is 25.5 Å².